The molecular weight excluding hydrogens is 364 g/mol. The summed E-state index contributed by atoms with van der Waals surface area (Å²) in [4.78, 5) is 27.8. The van der Waals surface area contributed by atoms with E-state index in [-0.39, 0.29) is 29.3 Å². The number of benzene rings is 1. The Morgan fingerprint density at radius 1 is 1.21 bits per heavy atom. The molecule has 2 aliphatic heterocycles. The minimum Gasteiger partial charge on any atom is -0.356 e. The van der Waals surface area contributed by atoms with Crippen molar-refractivity contribution in [3.8, 4) is 0 Å². The molecule has 3 rings (SSSR count). The van der Waals surface area contributed by atoms with Gasteiger partial charge in [0.1, 0.15) is 6.04 Å². The average Bonchev–Trinajstić information content (AvgIpc) is 3.18. The number of likely N-dealkylation sites (tertiary alicyclic amines) is 1. The fraction of sp³-hybridized carbons (Fsp3) is 0.565. The summed E-state index contributed by atoms with van der Waals surface area (Å²) in [5.74, 6) is -0.0613. The third-order valence-corrected chi connectivity index (χ3v) is 5.92. The maximum absolute atomic E-state index is 13.1. The fourth-order valence-electron chi connectivity index (χ4n) is 4.17. The maximum atomic E-state index is 13.1. The third-order valence-electron chi connectivity index (χ3n) is 5.92. The summed E-state index contributed by atoms with van der Waals surface area (Å²) in [5, 5.41) is 9.47. The monoisotopic (exact) mass is 398 g/mol. The van der Waals surface area contributed by atoms with Gasteiger partial charge in [-0.05, 0) is 50.3 Å². The first kappa shape index (κ1) is 21.4. The van der Waals surface area contributed by atoms with Crippen molar-refractivity contribution < 1.29 is 9.59 Å². The van der Waals surface area contributed by atoms with Crippen molar-refractivity contribution in [1.82, 2.24) is 20.9 Å². The van der Waals surface area contributed by atoms with Crippen LogP contribution < -0.4 is 16.0 Å². The topological polar surface area (TPSA) is 83.4 Å². The van der Waals surface area contributed by atoms with E-state index in [0.29, 0.717) is 13.0 Å². The van der Waals surface area contributed by atoms with Gasteiger partial charge < -0.3 is 20.9 Å². The average molecular weight is 399 g/mol. The highest BCUT2D eigenvalue weighted by molar-refractivity contribution is 5.91. The van der Waals surface area contributed by atoms with Gasteiger partial charge in [0.05, 0.1) is 17.8 Å². The van der Waals surface area contributed by atoms with E-state index < -0.39 is 6.04 Å². The van der Waals surface area contributed by atoms with E-state index >= 15 is 0 Å². The number of amides is 2. The van der Waals surface area contributed by atoms with Gasteiger partial charge >= 0.3 is 0 Å². The Labute approximate surface area is 174 Å². The number of allylic oxidation sites excluding steroid dienone is 1. The molecule has 3 N–H and O–H groups in total. The number of likely N-dealkylation sites (N-methyl/N-ethyl adjacent to an activating group) is 1. The molecule has 2 amide bonds. The SMILES string of the molecule is CNC(C(=O)N1CCCC1C(=O)NC(C)c1ccc(C2=C(C)N2)cc1)C(C)(C)C. The first-order chi connectivity index (χ1) is 13.6. The van der Waals surface area contributed by atoms with Crippen LogP contribution in [0.15, 0.2) is 30.0 Å². The number of hydrogen-bond donors (Lipinski definition) is 3. The van der Waals surface area contributed by atoms with Crippen LogP contribution in [0.1, 0.15) is 64.6 Å². The van der Waals surface area contributed by atoms with Crippen LogP contribution in [0, 0.1) is 5.41 Å². The van der Waals surface area contributed by atoms with Crippen LogP contribution in [0.5, 0.6) is 0 Å². The normalized spacial score (nSPS) is 20.9. The molecule has 6 heteroatoms. The predicted molar refractivity (Wildman–Crippen MR) is 116 cm³/mol. The molecule has 29 heavy (non-hydrogen) atoms. The maximum Gasteiger partial charge on any atom is 0.243 e. The molecule has 1 aromatic rings. The summed E-state index contributed by atoms with van der Waals surface area (Å²) in [6.45, 7) is 10.8. The second-order valence-corrected chi connectivity index (χ2v) is 9.25. The first-order valence-corrected chi connectivity index (χ1v) is 10.5. The van der Waals surface area contributed by atoms with Crippen LogP contribution in [-0.2, 0) is 9.59 Å². The fourth-order valence-corrected chi connectivity index (χ4v) is 4.17. The zero-order valence-corrected chi connectivity index (χ0v) is 18.4. The zero-order valence-electron chi connectivity index (χ0n) is 18.4. The standard InChI is InChI=1S/C23H34N4O2/c1-14(16-9-11-17(12-10-16)19-15(2)25-19)26-21(28)18-8-7-13-27(18)22(29)20(24-6)23(3,4)5/h9-12,14,18,20,24-25H,7-8,13H2,1-6H3,(H,26,28). The van der Waals surface area contributed by atoms with Gasteiger partial charge in [0.15, 0.2) is 0 Å². The van der Waals surface area contributed by atoms with Crippen molar-refractivity contribution >= 4 is 17.5 Å². The van der Waals surface area contributed by atoms with Crippen LogP contribution in [-0.4, -0.2) is 42.4 Å². The van der Waals surface area contributed by atoms with E-state index in [1.165, 1.54) is 11.4 Å². The van der Waals surface area contributed by atoms with Gasteiger partial charge in [-0.25, -0.2) is 0 Å². The molecule has 1 aromatic carbocycles. The van der Waals surface area contributed by atoms with Crippen LogP contribution >= 0.6 is 0 Å². The van der Waals surface area contributed by atoms with Crippen LogP contribution in [0.2, 0.25) is 0 Å². The molecule has 0 aliphatic carbocycles. The highest BCUT2D eigenvalue weighted by Crippen LogP contribution is 2.28. The Kier molecular flexibility index (Phi) is 6.03. The number of rotatable bonds is 6. The van der Waals surface area contributed by atoms with Gasteiger partial charge in [-0.15, -0.1) is 0 Å². The predicted octanol–water partition coefficient (Wildman–Crippen LogP) is 2.78. The van der Waals surface area contributed by atoms with E-state index in [2.05, 4.69) is 47.1 Å². The number of carbonyl (C=O) groups is 2. The molecule has 2 aliphatic rings. The number of nitrogens with zero attached hydrogens (tertiary/aromatic N) is 1. The van der Waals surface area contributed by atoms with Crippen molar-refractivity contribution in [2.24, 2.45) is 5.41 Å². The highest BCUT2D eigenvalue weighted by Gasteiger charge is 2.40. The molecule has 2 heterocycles. The second kappa shape index (κ2) is 8.19. The van der Waals surface area contributed by atoms with Gasteiger partial charge in [0.2, 0.25) is 11.8 Å². The lowest BCUT2D eigenvalue weighted by Crippen LogP contribution is -2.55. The van der Waals surface area contributed by atoms with Crippen molar-refractivity contribution in [3.05, 3.63) is 41.1 Å². The third kappa shape index (κ3) is 4.64. The van der Waals surface area contributed by atoms with E-state index in [4.69, 9.17) is 0 Å². The molecule has 3 unspecified atom stereocenters. The molecule has 3 atom stereocenters. The summed E-state index contributed by atoms with van der Waals surface area (Å²) < 4.78 is 0. The molecule has 0 saturated carbocycles. The minimum atomic E-state index is -0.397. The van der Waals surface area contributed by atoms with Crippen molar-refractivity contribution in [1.29, 1.82) is 0 Å². The molecular formula is C23H34N4O2. The molecule has 0 bridgehead atoms. The molecule has 0 aromatic heterocycles. The Bertz CT molecular complexity index is 807. The quantitative estimate of drug-likeness (QED) is 0.688. The summed E-state index contributed by atoms with van der Waals surface area (Å²) in [6, 6.07) is 7.43. The van der Waals surface area contributed by atoms with Crippen molar-refractivity contribution in [2.75, 3.05) is 13.6 Å². The summed E-state index contributed by atoms with van der Waals surface area (Å²) >= 11 is 0. The second-order valence-electron chi connectivity index (χ2n) is 9.25. The summed E-state index contributed by atoms with van der Waals surface area (Å²) in [5.41, 5.74) is 4.40. The Balaban J connectivity index is 1.65. The zero-order chi connectivity index (χ0) is 21.3. The largest absolute Gasteiger partial charge is 0.356 e. The Morgan fingerprint density at radius 2 is 1.83 bits per heavy atom. The van der Waals surface area contributed by atoms with E-state index in [0.717, 1.165) is 17.5 Å². The Hall–Kier alpha value is -2.34. The number of hydrogen-bond acceptors (Lipinski definition) is 4. The van der Waals surface area contributed by atoms with E-state index in [1.807, 2.05) is 27.7 Å². The van der Waals surface area contributed by atoms with Gasteiger partial charge in [-0.2, -0.15) is 0 Å². The minimum absolute atomic E-state index is 0.00948. The smallest absolute Gasteiger partial charge is 0.243 e. The molecule has 1 fully saturated rings. The molecule has 0 spiro atoms. The van der Waals surface area contributed by atoms with Crippen molar-refractivity contribution in [2.45, 2.75) is 65.6 Å². The van der Waals surface area contributed by atoms with Gasteiger partial charge in [-0.3, -0.25) is 9.59 Å². The Morgan fingerprint density at radius 3 is 2.34 bits per heavy atom. The van der Waals surface area contributed by atoms with Crippen LogP contribution in [0.3, 0.4) is 0 Å². The summed E-state index contributed by atoms with van der Waals surface area (Å²) in [7, 11) is 1.80. The van der Waals surface area contributed by atoms with Crippen LogP contribution in [0.25, 0.3) is 5.70 Å². The molecule has 0 radical (unpaired) electrons. The van der Waals surface area contributed by atoms with Gasteiger partial charge in [-0.1, -0.05) is 45.0 Å². The first-order valence-electron chi connectivity index (χ1n) is 10.5. The lowest BCUT2D eigenvalue weighted by Gasteiger charge is -2.35. The number of nitrogens with one attached hydrogen (secondary N) is 3. The number of carbonyl (C=O) groups excluding carboxylic acids is 2. The van der Waals surface area contributed by atoms with Crippen molar-refractivity contribution in [3.63, 3.8) is 0 Å². The molecule has 158 valence electrons. The van der Waals surface area contributed by atoms with E-state index in [9.17, 15) is 9.59 Å². The van der Waals surface area contributed by atoms with E-state index in [1.54, 1.807) is 11.9 Å². The lowest BCUT2D eigenvalue weighted by molar-refractivity contribution is -0.142. The lowest BCUT2D eigenvalue weighted by atomic mass is 9.86. The van der Waals surface area contributed by atoms with Gasteiger partial charge in [0, 0.05) is 12.2 Å². The highest BCUT2D eigenvalue weighted by atomic mass is 16.2. The summed E-state index contributed by atoms with van der Waals surface area (Å²) in [6.07, 6.45) is 1.57. The van der Waals surface area contributed by atoms with Gasteiger partial charge in [0.25, 0.3) is 0 Å². The molecule has 6 nitrogen and oxygen atoms in total. The molecule has 1 saturated heterocycles. The van der Waals surface area contributed by atoms with Crippen LogP contribution in [0.4, 0.5) is 0 Å².